The minimum Gasteiger partial charge on any atom is -0.392 e. The zero-order chi connectivity index (χ0) is 19.7. The summed E-state index contributed by atoms with van der Waals surface area (Å²) >= 11 is 0. The number of hydrogen-bond acceptors (Lipinski definition) is 4. The second-order valence-electron chi connectivity index (χ2n) is 6.40. The van der Waals surface area contributed by atoms with E-state index in [1.54, 1.807) is 12.3 Å². The van der Waals surface area contributed by atoms with Crippen molar-refractivity contribution in [3.8, 4) is 0 Å². The highest BCUT2D eigenvalue weighted by atomic mass is 19.1. The number of rotatable bonds is 4. The van der Waals surface area contributed by atoms with E-state index in [0.717, 1.165) is 34.3 Å². The van der Waals surface area contributed by atoms with E-state index in [0.29, 0.717) is 12.5 Å². The maximum atomic E-state index is 13.7. The van der Waals surface area contributed by atoms with Crippen LogP contribution in [0.4, 0.5) is 20.2 Å². The molecule has 4 rings (SSSR count). The predicted molar refractivity (Wildman–Crippen MR) is 100 cm³/mol. The third kappa shape index (κ3) is 3.55. The minimum atomic E-state index is -0.721. The monoisotopic (exact) mass is 383 g/mol. The minimum absolute atomic E-state index is 0.0461. The van der Waals surface area contributed by atoms with Crippen molar-refractivity contribution in [2.75, 3.05) is 16.9 Å². The summed E-state index contributed by atoms with van der Waals surface area (Å²) in [6.07, 6.45) is 5.26. The maximum absolute atomic E-state index is 13.7. The molecule has 0 saturated carbocycles. The Morgan fingerprint density at radius 2 is 2.11 bits per heavy atom. The Hall–Kier alpha value is -3.36. The molecule has 0 fully saturated rings. The quantitative estimate of drug-likeness (QED) is 0.750. The van der Waals surface area contributed by atoms with Gasteiger partial charge in [-0.15, -0.1) is 0 Å². The van der Waals surface area contributed by atoms with E-state index in [4.69, 9.17) is 0 Å². The lowest BCUT2D eigenvalue weighted by atomic mass is 10.2. The number of aliphatic hydroxyl groups is 1. The van der Waals surface area contributed by atoms with E-state index in [9.17, 15) is 18.7 Å². The SMILES string of the molecule is O=C(Nc1cc(F)ccc1F)C1=C[NH+]2CN(c3cccc(CO)c3)C=CC2=N1. The van der Waals surface area contributed by atoms with Crippen LogP contribution >= 0.6 is 0 Å². The number of carbonyl (C=O) groups excluding carboxylic acids is 1. The third-order valence-electron chi connectivity index (χ3n) is 4.47. The molecule has 8 heteroatoms. The number of quaternary nitrogens is 1. The Morgan fingerprint density at radius 3 is 2.93 bits per heavy atom. The van der Waals surface area contributed by atoms with Crippen molar-refractivity contribution < 1.29 is 23.6 Å². The lowest BCUT2D eigenvalue weighted by Gasteiger charge is -2.26. The first kappa shape index (κ1) is 18.0. The van der Waals surface area contributed by atoms with E-state index in [1.807, 2.05) is 35.4 Å². The van der Waals surface area contributed by atoms with E-state index >= 15 is 0 Å². The van der Waals surface area contributed by atoms with Gasteiger partial charge >= 0.3 is 0 Å². The van der Waals surface area contributed by atoms with Crippen molar-refractivity contribution in [2.45, 2.75) is 6.61 Å². The van der Waals surface area contributed by atoms with Gasteiger partial charge in [0.1, 0.15) is 17.8 Å². The van der Waals surface area contributed by atoms with Crippen LogP contribution in [0.2, 0.25) is 0 Å². The topological polar surface area (TPSA) is 69.4 Å². The Morgan fingerprint density at radius 1 is 1.25 bits per heavy atom. The standard InChI is InChI=1S/C20H16F2N4O2/c21-14-4-5-16(22)17(9-14)24-20(28)18-10-26-12-25(7-6-19(26)23-18)15-3-1-2-13(8-15)11-27/h1-10,27H,11-12H2,(H,24,28)/p+1. The van der Waals surface area contributed by atoms with E-state index < -0.39 is 17.5 Å². The third-order valence-corrected chi connectivity index (χ3v) is 4.47. The van der Waals surface area contributed by atoms with Gasteiger partial charge < -0.3 is 10.4 Å². The van der Waals surface area contributed by atoms with Gasteiger partial charge in [0.2, 0.25) is 5.84 Å². The van der Waals surface area contributed by atoms with Crippen LogP contribution < -0.4 is 15.1 Å². The fourth-order valence-electron chi connectivity index (χ4n) is 3.05. The first-order chi connectivity index (χ1) is 13.5. The molecule has 0 aromatic heterocycles. The second-order valence-corrected chi connectivity index (χ2v) is 6.40. The summed E-state index contributed by atoms with van der Waals surface area (Å²) in [5, 5.41) is 11.7. The fourth-order valence-corrected chi connectivity index (χ4v) is 3.05. The molecule has 2 heterocycles. The zero-order valence-electron chi connectivity index (χ0n) is 14.7. The number of halogens is 2. The van der Waals surface area contributed by atoms with Crippen molar-refractivity contribution in [3.05, 3.63) is 83.8 Å². The predicted octanol–water partition coefficient (Wildman–Crippen LogP) is 1.53. The van der Waals surface area contributed by atoms with Gasteiger partial charge in [-0.2, -0.15) is 4.99 Å². The number of aliphatic imine (C=N–C) groups is 1. The number of fused-ring (bicyclic) bond motifs is 1. The maximum Gasteiger partial charge on any atom is 0.280 e. The molecule has 6 nitrogen and oxygen atoms in total. The number of nitrogens with one attached hydrogen (secondary N) is 2. The van der Waals surface area contributed by atoms with E-state index in [2.05, 4.69) is 10.3 Å². The molecule has 0 spiro atoms. The van der Waals surface area contributed by atoms with Gasteiger partial charge in [0.05, 0.1) is 12.3 Å². The Labute approximate surface area is 159 Å². The molecule has 3 N–H and O–H groups in total. The molecule has 28 heavy (non-hydrogen) atoms. The van der Waals surface area contributed by atoms with Gasteiger partial charge in [-0.3, -0.25) is 9.69 Å². The van der Waals surface area contributed by atoms with Gasteiger partial charge in [-0.25, -0.2) is 13.7 Å². The molecule has 2 aliphatic rings. The Kier molecular flexibility index (Phi) is 4.72. The smallest absolute Gasteiger partial charge is 0.280 e. The van der Waals surface area contributed by atoms with Gasteiger partial charge in [0.15, 0.2) is 12.4 Å². The molecule has 0 aliphatic carbocycles. The number of amides is 1. The van der Waals surface area contributed by atoms with Gasteiger partial charge in [-0.05, 0) is 29.8 Å². The number of anilines is 2. The molecular weight excluding hydrogens is 366 g/mol. The van der Waals surface area contributed by atoms with Crippen molar-refractivity contribution in [1.82, 2.24) is 0 Å². The van der Waals surface area contributed by atoms with Crippen molar-refractivity contribution in [1.29, 1.82) is 0 Å². The van der Waals surface area contributed by atoms with Crippen LogP contribution in [0.5, 0.6) is 0 Å². The molecule has 142 valence electrons. The molecule has 2 aliphatic heterocycles. The molecule has 0 saturated heterocycles. The summed E-state index contributed by atoms with van der Waals surface area (Å²) in [5.74, 6) is -1.32. The van der Waals surface area contributed by atoms with E-state index in [1.165, 1.54) is 0 Å². The number of nitrogens with zero attached hydrogens (tertiary/aromatic N) is 2. The molecule has 1 atom stereocenters. The summed E-state index contributed by atoms with van der Waals surface area (Å²) in [6, 6.07) is 10.4. The molecular formula is C20H17F2N4O2+. The molecule has 1 unspecified atom stereocenters. The summed E-state index contributed by atoms with van der Waals surface area (Å²) < 4.78 is 27.0. The highest BCUT2D eigenvalue weighted by molar-refractivity contribution is 6.06. The Balaban J connectivity index is 1.50. The molecule has 1 amide bonds. The number of carbonyl (C=O) groups is 1. The lowest BCUT2D eigenvalue weighted by Crippen LogP contribution is -3.11. The summed E-state index contributed by atoms with van der Waals surface area (Å²) in [6.45, 7) is 0.449. The van der Waals surface area contributed by atoms with Crippen LogP contribution in [0.15, 0.2) is 71.6 Å². The first-order valence-electron chi connectivity index (χ1n) is 8.61. The molecule has 2 aromatic carbocycles. The van der Waals surface area contributed by atoms with Crippen molar-refractivity contribution in [3.63, 3.8) is 0 Å². The summed E-state index contributed by atoms with van der Waals surface area (Å²) in [4.78, 5) is 19.5. The number of aliphatic hydroxyl groups excluding tert-OH is 1. The first-order valence-corrected chi connectivity index (χ1v) is 8.61. The summed E-state index contributed by atoms with van der Waals surface area (Å²) in [7, 11) is 0. The van der Waals surface area contributed by atoms with Crippen LogP contribution in [0.3, 0.4) is 0 Å². The fraction of sp³-hybridized carbons (Fsp3) is 0.100. The molecule has 0 radical (unpaired) electrons. The molecule has 0 bridgehead atoms. The second kappa shape index (κ2) is 7.34. The van der Waals surface area contributed by atoms with Crippen LogP contribution in [-0.2, 0) is 11.4 Å². The van der Waals surface area contributed by atoms with Gasteiger partial charge in [-0.1, -0.05) is 12.1 Å². The van der Waals surface area contributed by atoms with Crippen LogP contribution in [0.1, 0.15) is 5.56 Å². The Bertz CT molecular complexity index is 1030. The van der Waals surface area contributed by atoms with Gasteiger partial charge in [0.25, 0.3) is 5.91 Å². The number of amidine groups is 1. The van der Waals surface area contributed by atoms with Crippen LogP contribution in [0, 0.1) is 11.6 Å². The highest BCUT2D eigenvalue weighted by Gasteiger charge is 2.30. The normalized spacial score (nSPS) is 17.8. The van der Waals surface area contributed by atoms with Crippen molar-refractivity contribution in [2.24, 2.45) is 4.99 Å². The largest absolute Gasteiger partial charge is 0.392 e. The lowest BCUT2D eigenvalue weighted by molar-refractivity contribution is -0.742. The number of hydrogen-bond donors (Lipinski definition) is 3. The zero-order valence-corrected chi connectivity index (χ0v) is 14.7. The molecule has 2 aromatic rings. The van der Waals surface area contributed by atoms with Crippen molar-refractivity contribution >= 4 is 23.1 Å². The van der Waals surface area contributed by atoms with Crippen LogP contribution in [-0.4, -0.2) is 23.5 Å². The number of benzene rings is 2. The van der Waals surface area contributed by atoms with Gasteiger partial charge in [0, 0.05) is 24.0 Å². The summed E-state index contributed by atoms with van der Waals surface area (Å²) in [5.41, 5.74) is 1.60. The average Bonchev–Trinajstić information content (AvgIpc) is 3.14. The average molecular weight is 383 g/mol. The van der Waals surface area contributed by atoms with Crippen LogP contribution in [0.25, 0.3) is 0 Å². The van der Waals surface area contributed by atoms with E-state index in [-0.39, 0.29) is 18.0 Å². The highest BCUT2D eigenvalue weighted by Crippen LogP contribution is 2.19.